The van der Waals surface area contributed by atoms with E-state index in [9.17, 15) is 8.78 Å². The lowest BCUT2D eigenvalue weighted by Crippen LogP contribution is -2.30. The highest BCUT2D eigenvalue weighted by Crippen LogP contribution is 2.26. The average molecular weight is 405 g/mol. The van der Waals surface area contributed by atoms with E-state index < -0.39 is 5.76 Å². The zero-order chi connectivity index (χ0) is 19.2. The minimum atomic E-state index is -2.42. The van der Waals surface area contributed by atoms with E-state index in [1.54, 1.807) is 24.3 Å². The topological polar surface area (TPSA) is 33.1 Å². The molecule has 0 aliphatic rings. The molecule has 0 aliphatic heterocycles. The molecule has 1 aromatic heterocycles. The van der Waals surface area contributed by atoms with E-state index in [2.05, 4.69) is 10.4 Å². The second kappa shape index (κ2) is 8.96. The molecular weight excluding hydrogens is 386 g/mol. The maximum absolute atomic E-state index is 12.4. The van der Waals surface area contributed by atoms with Crippen LogP contribution in [0.25, 0.3) is 5.69 Å². The smallest absolute Gasteiger partial charge is 0.288 e. The molecule has 140 valence electrons. The summed E-state index contributed by atoms with van der Waals surface area (Å²) in [7, 11) is 1.89. The van der Waals surface area contributed by atoms with Crippen molar-refractivity contribution in [2.24, 2.45) is 0 Å². The molecule has 0 fully saturated rings. The maximum atomic E-state index is 12.4. The monoisotopic (exact) mass is 404 g/mol. The van der Waals surface area contributed by atoms with Gasteiger partial charge in [-0.3, -0.25) is 0 Å². The molecule has 0 radical (unpaired) electrons. The number of aromatic nitrogens is 2. The molecule has 3 aromatic rings. The van der Waals surface area contributed by atoms with Crippen molar-refractivity contribution in [1.82, 2.24) is 14.7 Å². The number of nitrogens with one attached hydrogen (secondary N) is 1. The van der Waals surface area contributed by atoms with Gasteiger partial charge in [-0.1, -0.05) is 30.0 Å². The number of thioether (sulfide) groups is 1. The molecule has 0 amide bonds. The molecule has 8 heteroatoms. The van der Waals surface area contributed by atoms with Gasteiger partial charge in [0.2, 0.25) is 0 Å². The third-order valence-electron chi connectivity index (χ3n) is 3.75. The zero-order valence-electron chi connectivity index (χ0n) is 14.5. The van der Waals surface area contributed by atoms with Gasteiger partial charge in [0.1, 0.15) is 0 Å². The SMILES string of the molecule is CN(Cc1cnn(-c2ccccc2)c1)C(=S)Nc1ccc(SC(F)F)cc1. The van der Waals surface area contributed by atoms with Crippen LogP contribution in [0.1, 0.15) is 5.56 Å². The number of anilines is 1. The van der Waals surface area contributed by atoms with Crippen LogP contribution in [0, 0.1) is 0 Å². The van der Waals surface area contributed by atoms with Crippen molar-refractivity contribution in [3.05, 3.63) is 72.6 Å². The van der Waals surface area contributed by atoms with E-state index in [0.29, 0.717) is 28.3 Å². The van der Waals surface area contributed by atoms with Gasteiger partial charge < -0.3 is 10.2 Å². The van der Waals surface area contributed by atoms with E-state index >= 15 is 0 Å². The maximum Gasteiger partial charge on any atom is 0.288 e. The number of halogens is 2. The van der Waals surface area contributed by atoms with Gasteiger partial charge in [-0.2, -0.15) is 13.9 Å². The van der Waals surface area contributed by atoms with Crippen LogP contribution in [0.5, 0.6) is 0 Å². The molecule has 4 nitrogen and oxygen atoms in total. The standard InChI is InChI=1S/C19H18F2N4S2/c1-24(12-14-11-22-25(13-14)16-5-3-2-4-6-16)19(26)23-15-7-9-17(10-8-15)27-18(20)21/h2-11,13,18H,12H2,1H3,(H,23,26). The summed E-state index contributed by atoms with van der Waals surface area (Å²) in [5.74, 6) is -2.42. The number of rotatable bonds is 6. The fourth-order valence-corrected chi connectivity index (χ4v) is 3.13. The van der Waals surface area contributed by atoms with Gasteiger partial charge in [-0.15, -0.1) is 0 Å². The molecule has 27 heavy (non-hydrogen) atoms. The second-order valence-corrected chi connectivity index (χ2v) is 7.27. The highest BCUT2D eigenvalue weighted by Gasteiger charge is 2.09. The number of nitrogens with zero attached hydrogens (tertiary/aromatic N) is 3. The Morgan fingerprint density at radius 3 is 2.56 bits per heavy atom. The Hall–Kier alpha value is -2.45. The molecule has 0 aliphatic carbocycles. The Kier molecular flexibility index (Phi) is 6.41. The molecule has 0 saturated carbocycles. The summed E-state index contributed by atoms with van der Waals surface area (Å²) >= 11 is 5.94. The van der Waals surface area contributed by atoms with Gasteiger partial charge >= 0.3 is 0 Å². The first kappa shape index (κ1) is 19.3. The van der Waals surface area contributed by atoms with Crippen LogP contribution >= 0.6 is 24.0 Å². The Labute approximate surface area is 166 Å². The number of benzene rings is 2. The van der Waals surface area contributed by atoms with Crippen molar-refractivity contribution in [2.45, 2.75) is 17.2 Å². The third kappa shape index (κ3) is 5.51. The minimum Gasteiger partial charge on any atom is -0.348 e. The molecular formula is C19H18F2N4S2. The van der Waals surface area contributed by atoms with Crippen molar-refractivity contribution < 1.29 is 8.78 Å². The van der Waals surface area contributed by atoms with Crippen LogP contribution in [0.15, 0.2) is 71.9 Å². The summed E-state index contributed by atoms with van der Waals surface area (Å²) in [5.41, 5.74) is 2.77. The van der Waals surface area contributed by atoms with Crippen molar-refractivity contribution >= 4 is 34.8 Å². The van der Waals surface area contributed by atoms with Crippen LogP contribution in [0.3, 0.4) is 0 Å². The first-order valence-electron chi connectivity index (χ1n) is 8.17. The molecule has 1 N–H and O–H groups in total. The lowest BCUT2D eigenvalue weighted by atomic mass is 10.3. The van der Waals surface area contributed by atoms with Gasteiger partial charge in [-0.25, -0.2) is 4.68 Å². The predicted octanol–water partition coefficient (Wildman–Crippen LogP) is 5.02. The van der Waals surface area contributed by atoms with Crippen LogP contribution in [-0.4, -0.2) is 32.6 Å². The molecule has 0 unspecified atom stereocenters. The number of para-hydroxylation sites is 1. The molecule has 0 bridgehead atoms. The average Bonchev–Trinajstić information content (AvgIpc) is 3.12. The highest BCUT2D eigenvalue weighted by atomic mass is 32.2. The Balaban J connectivity index is 1.57. The fraction of sp³-hybridized carbons (Fsp3) is 0.158. The van der Waals surface area contributed by atoms with Crippen molar-refractivity contribution in [3.63, 3.8) is 0 Å². The summed E-state index contributed by atoms with van der Waals surface area (Å²) in [4.78, 5) is 2.41. The minimum absolute atomic E-state index is 0.517. The summed E-state index contributed by atoms with van der Waals surface area (Å²) in [5, 5.41) is 8.03. The molecule has 1 heterocycles. The fourth-order valence-electron chi connectivity index (χ4n) is 2.45. The van der Waals surface area contributed by atoms with Crippen molar-refractivity contribution in [1.29, 1.82) is 0 Å². The van der Waals surface area contributed by atoms with Crippen LogP contribution in [0.4, 0.5) is 14.5 Å². The summed E-state index contributed by atoms with van der Waals surface area (Å²) in [6.45, 7) is 0.595. The van der Waals surface area contributed by atoms with Crippen LogP contribution in [0.2, 0.25) is 0 Å². The van der Waals surface area contributed by atoms with Crippen LogP contribution < -0.4 is 5.32 Å². The Morgan fingerprint density at radius 2 is 1.89 bits per heavy atom. The first-order valence-corrected chi connectivity index (χ1v) is 9.46. The van der Waals surface area contributed by atoms with Gasteiger partial charge in [0.25, 0.3) is 5.76 Å². The Bertz CT molecular complexity index is 882. The first-order chi connectivity index (χ1) is 13.0. The number of thiocarbonyl (C=S) groups is 1. The van der Waals surface area contributed by atoms with E-state index in [1.807, 2.05) is 59.4 Å². The summed E-state index contributed by atoms with van der Waals surface area (Å²) in [6, 6.07) is 16.6. The second-order valence-electron chi connectivity index (χ2n) is 5.82. The Morgan fingerprint density at radius 1 is 1.19 bits per heavy atom. The van der Waals surface area contributed by atoms with E-state index in [-0.39, 0.29) is 0 Å². The number of alkyl halides is 2. The lowest BCUT2D eigenvalue weighted by molar-refractivity contribution is 0.252. The van der Waals surface area contributed by atoms with Gasteiger partial charge in [0.15, 0.2) is 5.11 Å². The molecule has 0 atom stereocenters. The molecule has 2 aromatic carbocycles. The normalized spacial score (nSPS) is 10.8. The van der Waals surface area contributed by atoms with E-state index in [0.717, 1.165) is 16.9 Å². The molecule has 3 rings (SSSR count). The lowest BCUT2D eigenvalue weighted by Gasteiger charge is -2.20. The molecule has 0 spiro atoms. The van der Waals surface area contributed by atoms with E-state index in [4.69, 9.17) is 12.2 Å². The van der Waals surface area contributed by atoms with Crippen molar-refractivity contribution in [2.75, 3.05) is 12.4 Å². The predicted molar refractivity (Wildman–Crippen MR) is 110 cm³/mol. The third-order valence-corrected chi connectivity index (χ3v) is 4.89. The van der Waals surface area contributed by atoms with Gasteiger partial charge in [0, 0.05) is 35.9 Å². The van der Waals surface area contributed by atoms with Crippen molar-refractivity contribution in [3.8, 4) is 5.69 Å². The van der Waals surface area contributed by atoms with Gasteiger partial charge in [-0.05, 0) is 48.6 Å². The molecule has 0 saturated heterocycles. The summed E-state index contributed by atoms with van der Waals surface area (Å²) in [6.07, 6.45) is 3.77. The summed E-state index contributed by atoms with van der Waals surface area (Å²) < 4.78 is 26.6. The van der Waals surface area contributed by atoms with Crippen LogP contribution in [-0.2, 0) is 6.54 Å². The largest absolute Gasteiger partial charge is 0.348 e. The number of hydrogen-bond donors (Lipinski definition) is 1. The highest BCUT2D eigenvalue weighted by molar-refractivity contribution is 7.99. The quantitative estimate of drug-likeness (QED) is 0.461. The van der Waals surface area contributed by atoms with Gasteiger partial charge in [0.05, 0.1) is 11.9 Å². The zero-order valence-corrected chi connectivity index (χ0v) is 16.2. The van der Waals surface area contributed by atoms with E-state index in [1.165, 1.54) is 0 Å². The number of hydrogen-bond acceptors (Lipinski definition) is 3.